The van der Waals surface area contributed by atoms with E-state index >= 15 is 0 Å². The Bertz CT molecular complexity index is 1130. The summed E-state index contributed by atoms with van der Waals surface area (Å²) in [5.74, 6) is -1.22. The van der Waals surface area contributed by atoms with Crippen molar-refractivity contribution >= 4 is 40.7 Å². The van der Waals surface area contributed by atoms with Gasteiger partial charge in [0.25, 0.3) is 5.91 Å². The van der Waals surface area contributed by atoms with Gasteiger partial charge >= 0.3 is 5.97 Å². The van der Waals surface area contributed by atoms with E-state index in [0.717, 1.165) is 17.1 Å². The Morgan fingerprint density at radius 1 is 1.17 bits per heavy atom. The molecule has 1 N–H and O–H groups in total. The van der Waals surface area contributed by atoms with Gasteiger partial charge < -0.3 is 10.0 Å². The van der Waals surface area contributed by atoms with E-state index in [-0.39, 0.29) is 11.5 Å². The molecule has 152 valence electrons. The topological polar surface area (TPSA) is 73.2 Å². The monoisotopic (exact) mass is 419 g/mol. The smallest absolute Gasteiger partial charge is 0.335 e. The molecule has 2 aliphatic heterocycles. The minimum Gasteiger partial charge on any atom is -0.478 e. The third kappa shape index (κ3) is 3.41. The van der Waals surface area contributed by atoms with Gasteiger partial charge in [0.1, 0.15) is 0 Å². The Hall–Kier alpha value is -3.32. The van der Waals surface area contributed by atoms with Gasteiger partial charge in [0.2, 0.25) is 0 Å². The van der Waals surface area contributed by atoms with Crippen molar-refractivity contribution in [2.24, 2.45) is 5.10 Å². The summed E-state index contributed by atoms with van der Waals surface area (Å²) in [5, 5.41) is 15.9. The van der Waals surface area contributed by atoms with Crippen molar-refractivity contribution in [1.82, 2.24) is 0 Å². The van der Waals surface area contributed by atoms with Crippen molar-refractivity contribution in [2.75, 3.05) is 16.5 Å². The molecule has 0 spiro atoms. The van der Waals surface area contributed by atoms with Crippen LogP contribution in [-0.2, 0) is 4.79 Å². The van der Waals surface area contributed by atoms with Crippen LogP contribution in [0.5, 0.6) is 0 Å². The predicted octanol–water partition coefficient (Wildman–Crippen LogP) is 4.90. The molecule has 0 saturated heterocycles. The normalized spacial score (nSPS) is 18.7. The molecule has 0 radical (unpaired) electrons. The Labute approximate surface area is 179 Å². The quantitative estimate of drug-likeness (QED) is 0.714. The van der Waals surface area contributed by atoms with Gasteiger partial charge in [-0.1, -0.05) is 23.9 Å². The van der Waals surface area contributed by atoms with E-state index in [1.807, 2.05) is 32.1 Å². The molecule has 30 heavy (non-hydrogen) atoms. The standard InChI is InChI=1S/C23H21N3O3S/c1-4-25-18-7-5-6-8-19(18)30-20(25)13-14(2)21-15(3)24-26(22(21)27)17-11-9-16(10-12-17)23(28)29/h5-13H,4H2,1-3H3,(H,28,29). The summed E-state index contributed by atoms with van der Waals surface area (Å²) in [5.41, 5.74) is 3.94. The average molecular weight is 420 g/mol. The predicted molar refractivity (Wildman–Crippen MR) is 120 cm³/mol. The van der Waals surface area contributed by atoms with E-state index in [1.165, 1.54) is 27.7 Å². The number of carbonyl (C=O) groups is 2. The lowest BCUT2D eigenvalue weighted by Gasteiger charge is -2.18. The Balaban J connectivity index is 1.65. The zero-order valence-corrected chi connectivity index (χ0v) is 17.7. The number of hydrogen-bond acceptors (Lipinski definition) is 5. The first kappa shape index (κ1) is 20.0. The van der Waals surface area contributed by atoms with Crippen molar-refractivity contribution < 1.29 is 14.7 Å². The van der Waals surface area contributed by atoms with Crippen molar-refractivity contribution in [3.05, 3.63) is 76.3 Å². The first-order valence-electron chi connectivity index (χ1n) is 9.61. The van der Waals surface area contributed by atoms with Crippen LogP contribution in [0.15, 0.2) is 80.8 Å². The molecule has 0 bridgehead atoms. The summed E-state index contributed by atoms with van der Waals surface area (Å²) in [4.78, 5) is 27.6. The second-order valence-electron chi connectivity index (χ2n) is 7.01. The highest BCUT2D eigenvalue weighted by molar-refractivity contribution is 8.03. The maximum absolute atomic E-state index is 13.1. The number of allylic oxidation sites excluding steroid dienone is 2. The molecule has 2 aromatic rings. The highest BCUT2D eigenvalue weighted by Gasteiger charge is 2.31. The molecular weight excluding hydrogens is 398 g/mol. The molecular formula is C23H21N3O3S. The van der Waals surface area contributed by atoms with Gasteiger partial charge in [-0.3, -0.25) is 4.79 Å². The van der Waals surface area contributed by atoms with Crippen molar-refractivity contribution in [3.8, 4) is 0 Å². The summed E-state index contributed by atoms with van der Waals surface area (Å²) in [7, 11) is 0. The molecule has 1 amide bonds. The number of fused-ring (bicyclic) bond motifs is 1. The number of carboxylic acids is 1. The second-order valence-corrected chi connectivity index (χ2v) is 8.07. The van der Waals surface area contributed by atoms with Gasteiger partial charge in [-0.25, -0.2) is 4.79 Å². The van der Waals surface area contributed by atoms with Crippen LogP contribution in [0, 0.1) is 0 Å². The van der Waals surface area contributed by atoms with Gasteiger partial charge in [0, 0.05) is 11.4 Å². The maximum Gasteiger partial charge on any atom is 0.335 e. The highest BCUT2D eigenvalue weighted by atomic mass is 32.2. The molecule has 0 aromatic heterocycles. The number of carboxylic acid groups (broad SMARTS) is 1. The van der Waals surface area contributed by atoms with Gasteiger partial charge in [-0.15, -0.1) is 0 Å². The summed E-state index contributed by atoms with van der Waals surface area (Å²) in [6.07, 6.45) is 2.04. The van der Waals surface area contributed by atoms with Gasteiger partial charge in [0.15, 0.2) is 0 Å². The number of hydrogen-bond donors (Lipinski definition) is 1. The fourth-order valence-corrected chi connectivity index (χ4v) is 4.85. The summed E-state index contributed by atoms with van der Waals surface area (Å²) in [6, 6.07) is 14.4. The van der Waals surface area contributed by atoms with Crippen LogP contribution < -0.4 is 9.91 Å². The average Bonchev–Trinajstić information content (AvgIpc) is 3.23. The molecule has 2 aliphatic rings. The van der Waals surface area contributed by atoms with Crippen molar-refractivity contribution in [2.45, 2.75) is 25.7 Å². The zero-order valence-electron chi connectivity index (χ0n) is 16.9. The summed E-state index contributed by atoms with van der Waals surface area (Å²) < 4.78 is 0. The minimum absolute atomic E-state index is 0.167. The summed E-state index contributed by atoms with van der Waals surface area (Å²) in [6.45, 7) is 6.68. The SMILES string of the molecule is CCN1C(=CC(C)=C2C(=O)N(c3ccc(C(=O)O)cc3)N=C2C)Sc2ccccc21. The first-order valence-corrected chi connectivity index (χ1v) is 10.4. The number of rotatable bonds is 4. The first-order chi connectivity index (χ1) is 14.4. The number of nitrogens with zero attached hydrogens (tertiary/aromatic N) is 3. The summed E-state index contributed by atoms with van der Waals surface area (Å²) >= 11 is 1.69. The molecule has 4 rings (SSSR count). The Morgan fingerprint density at radius 2 is 1.87 bits per heavy atom. The van der Waals surface area contributed by atoms with Gasteiger partial charge in [0.05, 0.1) is 33.3 Å². The van der Waals surface area contributed by atoms with Crippen LogP contribution in [0.2, 0.25) is 0 Å². The van der Waals surface area contributed by atoms with Crippen LogP contribution in [0.1, 0.15) is 31.1 Å². The molecule has 2 aromatic carbocycles. The lowest BCUT2D eigenvalue weighted by Crippen LogP contribution is -2.22. The van der Waals surface area contributed by atoms with E-state index in [0.29, 0.717) is 17.0 Å². The van der Waals surface area contributed by atoms with Gasteiger partial charge in [-0.2, -0.15) is 10.1 Å². The van der Waals surface area contributed by atoms with Crippen LogP contribution >= 0.6 is 11.8 Å². The van der Waals surface area contributed by atoms with Gasteiger partial charge in [-0.05, 0) is 68.8 Å². The van der Waals surface area contributed by atoms with E-state index in [2.05, 4.69) is 29.1 Å². The third-order valence-electron chi connectivity index (χ3n) is 5.06. The van der Waals surface area contributed by atoms with Crippen LogP contribution in [0.25, 0.3) is 0 Å². The number of aromatic carboxylic acids is 1. The van der Waals surface area contributed by atoms with Crippen molar-refractivity contribution in [1.29, 1.82) is 0 Å². The molecule has 0 saturated carbocycles. The number of hydrazone groups is 1. The number of amides is 1. The fourth-order valence-electron chi connectivity index (χ4n) is 3.62. The minimum atomic E-state index is -1.01. The molecule has 6 nitrogen and oxygen atoms in total. The van der Waals surface area contributed by atoms with E-state index in [4.69, 9.17) is 5.11 Å². The fraction of sp³-hybridized carbons (Fsp3) is 0.174. The lowest BCUT2D eigenvalue weighted by atomic mass is 10.1. The lowest BCUT2D eigenvalue weighted by molar-refractivity contribution is -0.114. The van der Waals surface area contributed by atoms with E-state index in [9.17, 15) is 9.59 Å². The molecule has 0 aliphatic carbocycles. The zero-order chi connectivity index (χ0) is 21.4. The number of carbonyl (C=O) groups excluding carboxylic acids is 1. The molecule has 7 heteroatoms. The van der Waals surface area contributed by atoms with Crippen LogP contribution in [0.3, 0.4) is 0 Å². The van der Waals surface area contributed by atoms with Crippen LogP contribution in [-0.4, -0.2) is 29.2 Å². The Morgan fingerprint density at radius 3 is 2.53 bits per heavy atom. The molecule has 2 heterocycles. The molecule has 0 atom stereocenters. The number of thioether (sulfide) groups is 1. The maximum atomic E-state index is 13.1. The Kier molecular flexibility index (Phi) is 5.22. The highest BCUT2D eigenvalue weighted by Crippen LogP contribution is 2.46. The third-order valence-corrected chi connectivity index (χ3v) is 6.18. The second kappa shape index (κ2) is 7.84. The number of benzene rings is 2. The van der Waals surface area contributed by atoms with Crippen LogP contribution in [0.4, 0.5) is 11.4 Å². The molecule has 0 fully saturated rings. The van der Waals surface area contributed by atoms with E-state index < -0.39 is 5.97 Å². The van der Waals surface area contributed by atoms with Crippen molar-refractivity contribution in [3.63, 3.8) is 0 Å². The largest absolute Gasteiger partial charge is 0.478 e. The van der Waals surface area contributed by atoms with E-state index in [1.54, 1.807) is 23.9 Å². The molecule has 0 unspecified atom stereocenters. The number of anilines is 2. The number of para-hydroxylation sites is 1.